The van der Waals surface area contributed by atoms with E-state index < -0.39 is 0 Å². The predicted octanol–water partition coefficient (Wildman–Crippen LogP) is 3.14. The lowest BCUT2D eigenvalue weighted by atomic mass is 10.1. The van der Waals surface area contributed by atoms with Crippen LogP contribution in [0.2, 0.25) is 0 Å². The van der Waals surface area contributed by atoms with E-state index in [-0.39, 0.29) is 0 Å². The molecule has 136 valence electrons. The van der Waals surface area contributed by atoms with Gasteiger partial charge in [0.1, 0.15) is 5.82 Å². The third-order valence-electron chi connectivity index (χ3n) is 4.27. The summed E-state index contributed by atoms with van der Waals surface area (Å²) in [5.41, 5.74) is 4.42. The van der Waals surface area contributed by atoms with Crippen LogP contribution in [0.15, 0.2) is 61.4 Å². The molecule has 3 heterocycles. The number of hydrogen-bond acceptors (Lipinski definition) is 5. The van der Waals surface area contributed by atoms with E-state index in [1.54, 1.807) is 23.3 Å². The number of hydrogen-bond donors (Lipinski definition) is 1. The monoisotopic (exact) mass is 359 g/mol. The number of imidazole rings is 1. The van der Waals surface area contributed by atoms with Gasteiger partial charge in [-0.15, -0.1) is 0 Å². The largest absolute Gasteiger partial charge is 0.365 e. The minimum atomic E-state index is 0.681. The summed E-state index contributed by atoms with van der Waals surface area (Å²) in [4.78, 5) is 13.0. The van der Waals surface area contributed by atoms with Crippen molar-refractivity contribution in [2.45, 2.75) is 26.9 Å². The van der Waals surface area contributed by atoms with Gasteiger partial charge in [-0.05, 0) is 31.0 Å². The van der Waals surface area contributed by atoms with Gasteiger partial charge in [-0.3, -0.25) is 4.98 Å². The molecule has 27 heavy (non-hydrogen) atoms. The molecule has 4 aromatic rings. The summed E-state index contributed by atoms with van der Waals surface area (Å²) in [5.74, 6) is 1.43. The Morgan fingerprint density at radius 1 is 1.00 bits per heavy atom. The van der Waals surface area contributed by atoms with Crippen molar-refractivity contribution in [3.8, 4) is 5.82 Å². The third kappa shape index (κ3) is 4.03. The first-order valence-corrected chi connectivity index (χ1v) is 8.80. The summed E-state index contributed by atoms with van der Waals surface area (Å²) in [5, 5.41) is 7.79. The summed E-state index contributed by atoms with van der Waals surface area (Å²) in [6.07, 6.45) is 9.02. The molecular weight excluding hydrogens is 338 g/mol. The SMILES string of the molecule is Cc1cc(C)n(-c2cncc(NCc3ccc(Cn4ccnc4)cc3)n2)n1. The Balaban J connectivity index is 1.41. The van der Waals surface area contributed by atoms with E-state index in [4.69, 9.17) is 0 Å². The van der Waals surface area contributed by atoms with Crippen molar-refractivity contribution < 1.29 is 0 Å². The molecule has 7 heteroatoms. The second kappa shape index (κ2) is 7.41. The van der Waals surface area contributed by atoms with E-state index in [0.29, 0.717) is 12.4 Å². The Morgan fingerprint density at radius 3 is 2.52 bits per heavy atom. The number of benzene rings is 1. The molecule has 0 bridgehead atoms. The quantitative estimate of drug-likeness (QED) is 0.572. The van der Waals surface area contributed by atoms with Gasteiger partial charge >= 0.3 is 0 Å². The van der Waals surface area contributed by atoms with E-state index in [1.807, 2.05) is 37.0 Å². The van der Waals surface area contributed by atoms with Gasteiger partial charge in [0.05, 0.1) is 24.4 Å². The van der Waals surface area contributed by atoms with Crippen molar-refractivity contribution in [3.05, 3.63) is 84.0 Å². The van der Waals surface area contributed by atoms with Gasteiger partial charge < -0.3 is 9.88 Å². The standard InChI is InChI=1S/C20H21N7/c1-15-9-16(2)27(25-15)20-12-22-11-19(24-20)23-10-17-3-5-18(6-4-17)13-26-8-7-21-14-26/h3-9,11-12,14H,10,13H2,1-2H3,(H,23,24). The maximum atomic E-state index is 4.62. The molecule has 0 aliphatic rings. The highest BCUT2D eigenvalue weighted by molar-refractivity contribution is 5.38. The predicted molar refractivity (Wildman–Crippen MR) is 104 cm³/mol. The molecule has 1 N–H and O–H groups in total. The van der Waals surface area contributed by atoms with Crippen LogP contribution in [0.4, 0.5) is 5.82 Å². The average molecular weight is 359 g/mol. The summed E-state index contributed by atoms with van der Waals surface area (Å²) in [7, 11) is 0. The minimum Gasteiger partial charge on any atom is -0.365 e. The van der Waals surface area contributed by atoms with Crippen molar-refractivity contribution in [3.63, 3.8) is 0 Å². The fourth-order valence-electron chi connectivity index (χ4n) is 2.95. The zero-order valence-electron chi connectivity index (χ0n) is 15.4. The Labute approximate surface area is 157 Å². The van der Waals surface area contributed by atoms with Crippen molar-refractivity contribution in [1.29, 1.82) is 0 Å². The van der Waals surface area contributed by atoms with Crippen LogP contribution in [-0.2, 0) is 13.1 Å². The molecular formula is C20H21N7. The molecule has 7 nitrogen and oxygen atoms in total. The minimum absolute atomic E-state index is 0.681. The topological polar surface area (TPSA) is 73.5 Å². The van der Waals surface area contributed by atoms with Crippen LogP contribution in [0, 0.1) is 13.8 Å². The van der Waals surface area contributed by atoms with Gasteiger partial charge in [-0.1, -0.05) is 24.3 Å². The van der Waals surface area contributed by atoms with Gasteiger partial charge in [0, 0.05) is 31.2 Å². The third-order valence-corrected chi connectivity index (χ3v) is 4.27. The van der Waals surface area contributed by atoms with E-state index in [0.717, 1.165) is 23.8 Å². The van der Waals surface area contributed by atoms with Crippen molar-refractivity contribution in [2.75, 3.05) is 5.32 Å². The maximum Gasteiger partial charge on any atom is 0.174 e. The second-order valence-corrected chi connectivity index (χ2v) is 6.51. The van der Waals surface area contributed by atoms with Crippen molar-refractivity contribution in [2.24, 2.45) is 0 Å². The highest BCUT2D eigenvalue weighted by atomic mass is 15.3. The van der Waals surface area contributed by atoms with E-state index in [2.05, 4.69) is 49.6 Å². The molecule has 0 aliphatic heterocycles. The molecule has 0 radical (unpaired) electrons. The Kier molecular flexibility index (Phi) is 4.65. The van der Waals surface area contributed by atoms with Gasteiger partial charge in [0.2, 0.25) is 0 Å². The lowest BCUT2D eigenvalue weighted by Crippen LogP contribution is -2.07. The average Bonchev–Trinajstić information content (AvgIpc) is 3.30. The van der Waals surface area contributed by atoms with Gasteiger partial charge in [0.15, 0.2) is 5.82 Å². The Hall–Kier alpha value is -3.48. The molecule has 0 saturated heterocycles. The summed E-state index contributed by atoms with van der Waals surface area (Å²) < 4.78 is 3.85. The number of aromatic nitrogens is 6. The first-order valence-electron chi connectivity index (χ1n) is 8.80. The normalized spacial score (nSPS) is 10.9. The van der Waals surface area contributed by atoms with Gasteiger partial charge in [0.25, 0.3) is 0 Å². The first kappa shape index (κ1) is 17.0. The Bertz CT molecular complexity index is 1020. The van der Waals surface area contributed by atoms with Crippen molar-refractivity contribution in [1.82, 2.24) is 29.3 Å². The highest BCUT2D eigenvalue weighted by Crippen LogP contribution is 2.13. The molecule has 0 amide bonds. The lowest BCUT2D eigenvalue weighted by molar-refractivity contribution is 0.796. The van der Waals surface area contributed by atoms with Gasteiger partial charge in [-0.25, -0.2) is 14.6 Å². The molecule has 1 aromatic carbocycles. The molecule has 4 rings (SSSR count). The van der Waals surface area contributed by atoms with Crippen LogP contribution >= 0.6 is 0 Å². The Morgan fingerprint density at radius 2 is 1.81 bits per heavy atom. The molecule has 0 aliphatic carbocycles. The fourth-order valence-corrected chi connectivity index (χ4v) is 2.95. The fraction of sp³-hybridized carbons (Fsp3) is 0.200. The van der Waals surface area contributed by atoms with Crippen LogP contribution in [-0.4, -0.2) is 29.3 Å². The summed E-state index contributed by atoms with van der Waals surface area (Å²) in [6.45, 7) is 5.48. The zero-order chi connectivity index (χ0) is 18.6. The van der Waals surface area contributed by atoms with Crippen LogP contribution in [0.5, 0.6) is 0 Å². The van der Waals surface area contributed by atoms with E-state index in [9.17, 15) is 0 Å². The molecule has 3 aromatic heterocycles. The molecule has 0 spiro atoms. The summed E-state index contributed by atoms with van der Waals surface area (Å²) in [6, 6.07) is 10.5. The van der Waals surface area contributed by atoms with Crippen LogP contribution in [0.25, 0.3) is 5.82 Å². The highest BCUT2D eigenvalue weighted by Gasteiger charge is 2.06. The number of aryl methyl sites for hydroxylation is 2. The summed E-state index contributed by atoms with van der Waals surface area (Å²) >= 11 is 0. The smallest absolute Gasteiger partial charge is 0.174 e. The van der Waals surface area contributed by atoms with Crippen LogP contribution in [0.3, 0.4) is 0 Å². The van der Waals surface area contributed by atoms with E-state index in [1.165, 1.54) is 11.1 Å². The maximum absolute atomic E-state index is 4.62. The van der Waals surface area contributed by atoms with Crippen LogP contribution < -0.4 is 5.32 Å². The second-order valence-electron chi connectivity index (χ2n) is 6.51. The number of nitrogens with one attached hydrogen (secondary N) is 1. The van der Waals surface area contributed by atoms with Gasteiger partial charge in [-0.2, -0.15) is 5.10 Å². The van der Waals surface area contributed by atoms with Crippen molar-refractivity contribution >= 4 is 5.82 Å². The number of rotatable bonds is 6. The number of nitrogens with zero attached hydrogens (tertiary/aromatic N) is 6. The molecule has 0 fully saturated rings. The molecule has 0 saturated carbocycles. The zero-order valence-corrected chi connectivity index (χ0v) is 15.4. The molecule has 0 atom stereocenters. The number of anilines is 1. The van der Waals surface area contributed by atoms with E-state index >= 15 is 0 Å². The first-order chi connectivity index (χ1) is 13.2. The van der Waals surface area contributed by atoms with Crippen LogP contribution in [0.1, 0.15) is 22.5 Å². The molecule has 0 unspecified atom stereocenters. The lowest BCUT2D eigenvalue weighted by Gasteiger charge is -2.09.